The van der Waals surface area contributed by atoms with E-state index in [-0.39, 0.29) is 16.8 Å². The molecule has 0 saturated heterocycles. The zero-order valence-electron chi connectivity index (χ0n) is 6.54. The van der Waals surface area contributed by atoms with Crippen molar-refractivity contribution in [2.45, 2.75) is 6.92 Å². The van der Waals surface area contributed by atoms with Crippen LogP contribution in [0.2, 0.25) is 5.15 Å². The number of hydrogen-bond donors (Lipinski definition) is 1. The highest BCUT2D eigenvalue weighted by Crippen LogP contribution is 2.01. The molecule has 0 atom stereocenters. The summed E-state index contributed by atoms with van der Waals surface area (Å²) >= 11 is 5.49. The Morgan fingerprint density at radius 2 is 2.33 bits per heavy atom. The highest BCUT2D eigenvalue weighted by atomic mass is 35.5. The molecule has 1 rings (SSSR count). The van der Waals surface area contributed by atoms with E-state index in [9.17, 15) is 4.79 Å². The van der Waals surface area contributed by atoms with Crippen LogP contribution >= 0.6 is 11.6 Å². The maximum Gasteiger partial charge on any atom is 0.271 e. The van der Waals surface area contributed by atoms with Gasteiger partial charge >= 0.3 is 0 Å². The average Bonchev–Trinajstić information content (AvgIpc) is 2.06. The zero-order chi connectivity index (χ0) is 8.97. The number of nitrogens with zero attached hydrogens (tertiary/aromatic N) is 2. The molecule has 1 amide bonds. The van der Waals surface area contributed by atoms with Gasteiger partial charge in [0.1, 0.15) is 0 Å². The lowest BCUT2D eigenvalue weighted by atomic mass is 10.4. The quantitative estimate of drug-likeness (QED) is 0.744. The SMILES string of the molecule is CCNC(=O)c1ccc(Cl)nn1. The van der Waals surface area contributed by atoms with Crippen LogP contribution < -0.4 is 5.32 Å². The maximum atomic E-state index is 11.1. The molecule has 0 aliphatic heterocycles. The van der Waals surface area contributed by atoms with Crippen LogP contribution in [0.4, 0.5) is 0 Å². The van der Waals surface area contributed by atoms with Gasteiger partial charge in [-0.3, -0.25) is 4.79 Å². The summed E-state index contributed by atoms with van der Waals surface area (Å²) in [4.78, 5) is 11.1. The molecule has 1 heterocycles. The molecule has 5 heteroatoms. The summed E-state index contributed by atoms with van der Waals surface area (Å²) in [6, 6.07) is 3.06. The highest BCUT2D eigenvalue weighted by molar-refractivity contribution is 6.29. The van der Waals surface area contributed by atoms with Crippen molar-refractivity contribution in [3.63, 3.8) is 0 Å². The predicted molar refractivity (Wildman–Crippen MR) is 45.0 cm³/mol. The van der Waals surface area contributed by atoms with E-state index in [2.05, 4.69) is 15.5 Å². The first kappa shape index (κ1) is 8.93. The molecule has 0 aliphatic carbocycles. The van der Waals surface area contributed by atoms with Gasteiger partial charge in [0.25, 0.3) is 5.91 Å². The van der Waals surface area contributed by atoms with Crippen LogP contribution in [0.5, 0.6) is 0 Å². The minimum absolute atomic E-state index is 0.235. The summed E-state index contributed by atoms with van der Waals surface area (Å²) in [5, 5.41) is 10.0. The van der Waals surface area contributed by atoms with Gasteiger partial charge in [-0.1, -0.05) is 11.6 Å². The number of carbonyl (C=O) groups excluding carboxylic acids is 1. The molecular formula is C7H8ClN3O. The summed E-state index contributed by atoms with van der Waals surface area (Å²) in [7, 11) is 0. The van der Waals surface area contributed by atoms with E-state index in [1.165, 1.54) is 12.1 Å². The van der Waals surface area contributed by atoms with Crippen molar-refractivity contribution in [3.8, 4) is 0 Å². The van der Waals surface area contributed by atoms with E-state index in [4.69, 9.17) is 11.6 Å². The minimum atomic E-state index is -0.235. The molecule has 0 saturated carbocycles. The van der Waals surface area contributed by atoms with E-state index in [1.54, 1.807) is 0 Å². The number of halogens is 1. The monoisotopic (exact) mass is 185 g/mol. The third kappa shape index (κ3) is 2.17. The number of nitrogens with one attached hydrogen (secondary N) is 1. The smallest absolute Gasteiger partial charge is 0.271 e. The third-order valence-corrected chi connectivity index (χ3v) is 1.40. The molecule has 0 aromatic carbocycles. The molecule has 0 aliphatic rings. The normalized spacial score (nSPS) is 9.50. The Morgan fingerprint density at radius 1 is 1.58 bits per heavy atom. The molecule has 1 aromatic rings. The standard InChI is InChI=1S/C7H8ClN3O/c1-2-9-7(12)5-3-4-6(8)11-10-5/h3-4H,2H2,1H3,(H,9,12). The van der Waals surface area contributed by atoms with Crippen molar-refractivity contribution < 1.29 is 4.79 Å². The lowest BCUT2D eigenvalue weighted by Gasteiger charge is -1.98. The van der Waals surface area contributed by atoms with Crippen molar-refractivity contribution in [1.29, 1.82) is 0 Å². The van der Waals surface area contributed by atoms with Crippen LogP contribution in [0.25, 0.3) is 0 Å². The largest absolute Gasteiger partial charge is 0.351 e. The molecule has 1 N–H and O–H groups in total. The zero-order valence-corrected chi connectivity index (χ0v) is 7.30. The number of carbonyl (C=O) groups is 1. The average molecular weight is 186 g/mol. The summed E-state index contributed by atoms with van der Waals surface area (Å²) < 4.78 is 0. The first-order chi connectivity index (χ1) is 5.74. The first-order valence-electron chi connectivity index (χ1n) is 3.51. The van der Waals surface area contributed by atoms with Gasteiger partial charge in [-0.15, -0.1) is 10.2 Å². The van der Waals surface area contributed by atoms with Crippen LogP contribution in [-0.2, 0) is 0 Å². The van der Waals surface area contributed by atoms with Crippen LogP contribution in [0.1, 0.15) is 17.4 Å². The first-order valence-corrected chi connectivity index (χ1v) is 3.89. The topological polar surface area (TPSA) is 54.9 Å². The van der Waals surface area contributed by atoms with E-state index < -0.39 is 0 Å². The molecule has 4 nitrogen and oxygen atoms in total. The summed E-state index contributed by atoms with van der Waals surface area (Å²) in [5.41, 5.74) is 0.279. The molecule has 1 aromatic heterocycles. The van der Waals surface area contributed by atoms with Gasteiger partial charge in [-0.05, 0) is 19.1 Å². The van der Waals surface area contributed by atoms with Crippen molar-refractivity contribution in [3.05, 3.63) is 23.0 Å². The number of aromatic nitrogens is 2. The van der Waals surface area contributed by atoms with Crippen LogP contribution in [0.15, 0.2) is 12.1 Å². The summed E-state index contributed by atoms with van der Waals surface area (Å²) in [6.07, 6.45) is 0. The number of amides is 1. The second-order valence-electron chi connectivity index (χ2n) is 2.10. The predicted octanol–water partition coefficient (Wildman–Crippen LogP) is 0.880. The fourth-order valence-electron chi connectivity index (χ4n) is 0.688. The highest BCUT2D eigenvalue weighted by Gasteiger charge is 2.04. The van der Waals surface area contributed by atoms with Crippen molar-refractivity contribution in [2.75, 3.05) is 6.54 Å². The van der Waals surface area contributed by atoms with Gasteiger partial charge in [-0.2, -0.15) is 0 Å². The van der Waals surface area contributed by atoms with E-state index in [0.29, 0.717) is 6.54 Å². The lowest BCUT2D eigenvalue weighted by Crippen LogP contribution is -2.23. The van der Waals surface area contributed by atoms with Crippen LogP contribution in [0, 0.1) is 0 Å². The maximum absolute atomic E-state index is 11.1. The van der Waals surface area contributed by atoms with Gasteiger partial charge in [0.2, 0.25) is 0 Å². The lowest BCUT2D eigenvalue weighted by molar-refractivity contribution is 0.0950. The number of hydrogen-bond acceptors (Lipinski definition) is 3. The molecule has 0 bridgehead atoms. The van der Waals surface area contributed by atoms with E-state index >= 15 is 0 Å². The Hall–Kier alpha value is -1.16. The Bertz CT molecular complexity index is 272. The van der Waals surface area contributed by atoms with Crippen molar-refractivity contribution >= 4 is 17.5 Å². The van der Waals surface area contributed by atoms with Gasteiger partial charge in [0.05, 0.1) is 0 Å². The molecule has 64 valence electrons. The second-order valence-corrected chi connectivity index (χ2v) is 2.49. The van der Waals surface area contributed by atoms with Crippen LogP contribution in [0.3, 0.4) is 0 Å². The fraction of sp³-hybridized carbons (Fsp3) is 0.286. The van der Waals surface area contributed by atoms with Gasteiger partial charge in [0.15, 0.2) is 10.8 Å². The Kier molecular flexibility index (Phi) is 2.99. The Balaban J connectivity index is 2.75. The second kappa shape index (κ2) is 4.01. The Morgan fingerprint density at radius 3 is 2.83 bits per heavy atom. The van der Waals surface area contributed by atoms with Gasteiger partial charge < -0.3 is 5.32 Å². The summed E-state index contributed by atoms with van der Waals surface area (Å²) in [6.45, 7) is 2.41. The van der Waals surface area contributed by atoms with Gasteiger partial charge in [-0.25, -0.2) is 0 Å². The third-order valence-electron chi connectivity index (χ3n) is 1.20. The van der Waals surface area contributed by atoms with E-state index in [0.717, 1.165) is 0 Å². The van der Waals surface area contributed by atoms with Crippen LogP contribution in [-0.4, -0.2) is 22.6 Å². The number of rotatable bonds is 2. The van der Waals surface area contributed by atoms with Crippen molar-refractivity contribution in [2.24, 2.45) is 0 Å². The molecule has 12 heavy (non-hydrogen) atoms. The van der Waals surface area contributed by atoms with Crippen molar-refractivity contribution in [1.82, 2.24) is 15.5 Å². The molecule has 0 fully saturated rings. The molecule has 0 spiro atoms. The van der Waals surface area contributed by atoms with E-state index in [1.807, 2.05) is 6.92 Å². The molecular weight excluding hydrogens is 178 g/mol. The summed E-state index contributed by atoms with van der Waals surface area (Å²) in [5.74, 6) is -0.235. The minimum Gasteiger partial charge on any atom is -0.351 e. The molecule has 0 unspecified atom stereocenters. The fourth-order valence-corrected chi connectivity index (χ4v) is 0.789. The Labute approximate surface area is 74.9 Å². The molecule has 0 radical (unpaired) electrons. The van der Waals surface area contributed by atoms with Gasteiger partial charge in [0, 0.05) is 6.54 Å².